The zero-order valence-electron chi connectivity index (χ0n) is 30.6. The summed E-state index contributed by atoms with van der Waals surface area (Å²) < 4.78 is 2.54. The lowest BCUT2D eigenvalue weighted by atomic mass is 9.72. The van der Waals surface area contributed by atoms with Crippen molar-refractivity contribution in [1.29, 1.82) is 0 Å². The lowest BCUT2D eigenvalue weighted by Gasteiger charge is -2.43. The first-order valence-electron chi connectivity index (χ1n) is 19.4. The van der Waals surface area contributed by atoms with Crippen LogP contribution in [0, 0.1) is 0 Å². The van der Waals surface area contributed by atoms with Crippen molar-refractivity contribution in [3.63, 3.8) is 0 Å². The highest BCUT2D eigenvalue weighted by atomic mass is 15.2. The first-order chi connectivity index (χ1) is 27.1. The number of benzene rings is 11. The molecule has 0 aliphatic carbocycles. The third-order valence-corrected chi connectivity index (χ3v) is 13.0. The van der Waals surface area contributed by atoms with Gasteiger partial charge in [-0.3, -0.25) is 0 Å². The summed E-state index contributed by atoms with van der Waals surface area (Å²) in [5, 5.41) is 18.2. The van der Waals surface area contributed by atoms with E-state index < -0.39 is 0 Å². The van der Waals surface area contributed by atoms with Gasteiger partial charge in [0.25, 0.3) is 0 Å². The number of fused-ring (bicyclic) bond motifs is 6. The van der Waals surface area contributed by atoms with Gasteiger partial charge in [0.15, 0.2) is 0 Å². The predicted octanol–water partition coefficient (Wildman–Crippen LogP) is 14.7. The van der Waals surface area contributed by atoms with E-state index in [-0.39, 0.29) is 5.41 Å². The van der Waals surface area contributed by atoms with E-state index in [0.29, 0.717) is 0 Å². The topological polar surface area (TPSA) is 8.17 Å². The summed E-state index contributed by atoms with van der Waals surface area (Å²) in [4.78, 5) is 2.56. The maximum atomic E-state index is 2.56. The van der Waals surface area contributed by atoms with Gasteiger partial charge in [0.1, 0.15) is 0 Å². The Kier molecular flexibility index (Phi) is 5.47. The Morgan fingerprint density at radius 2 is 0.836 bits per heavy atom. The molecule has 0 saturated heterocycles. The summed E-state index contributed by atoms with van der Waals surface area (Å²) in [6, 6.07) is 63.9. The molecule has 55 heavy (non-hydrogen) atoms. The Bertz CT molecular complexity index is 3550. The molecule has 0 atom stereocenters. The van der Waals surface area contributed by atoms with Crippen molar-refractivity contribution in [3.8, 4) is 5.69 Å². The molecule has 0 N–H and O–H groups in total. The van der Waals surface area contributed by atoms with Crippen LogP contribution in [0.5, 0.6) is 0 Å². The van der Waals surface area contributed by atoms with Crippen LogP contribution < -0.4 is 4.90 Å². The molecule has 12 aromatic rings. The van der Waals surface area contributed by atoms with Crippen LogP contribution in [-0.2, 0) is 5.41 Å². The van der Waals surface area contributed by atoms with Crippen molar-refractivity contribution in [3.05, 3.63) is 181 Å². The molecule has 0 bridgehead atoms. The first kappa shape index (κ1) is 29.5. The van der Waals surface area contributed by atoms with Crippen LogP contribution in [0.2, 0.25) is 0 Å². The van der Waals surface area contributed by atoms with Crippen LogP contribution in [-0.4, -0.2) is 4.57 Å². The molecule has 1 aliphatic rings. The molecular weight excluding hydrogens is 665 g/mol. The van der Waals surface area contributed by atoms with Gasteiger partial charge in [-0.15, -0.1) is 0 Å². The molecule has 2 nitrogen and oxygen atoms in total. The monoisotopic (exact) mass is 698 g/mol. The number of para-hydroxylation sites is 2. The van der Waals surface area contributed by atoms with Crippen LogP contribution >= 0.6 is 0 Å². The SMILES string of the molecule is CC1(C)c2ccccc2N(c2ccc3ccc4cccc5ccc2c3c45)c2ccc3c(c21)c1ccccc1n3-c1ccc2ccc3cccc4ccc1c2c34. The number of hydrogen-bond donors (Lipinski definition) is 0. The number of hydrogen-bond acceptors (Lipinski definition) is 1. The Hall–Kier alpha value is -6.90. The molecule has 11 aromatic carbocycles. The maximum absolute atomic E-state index is 2.56. The second-order valence-corrected chi connectivity index (χ2v) is 16.1. The molecule has 0 amide bonds. The van der Waals surface area contributed by atoms with Crippen LogP contribution in [0.4, 0.5) is 17.1 Å². The molecule has 0 fully saturated rings. The van der Waals surface area contributed by atoms with Crippen molar-refractivity contribution >= 4 is 104 Å². The number of anilines is 3. The zero-order chi connectivity index (χ0) is 36.2. The van der Waals surface area contributed by atoms with Gasteiger partial charge in [-0.05, 0) is 101 Å². The van der Waals surface area contributed by atoms with Gasteiger partial charge in [0.2, 0.25) is 0 Å². The quantitative estimate of drug-likeness (QED) is 0.163. The second-order valence-electron chi connectivity index (χ2n) is 16.1. The van der Waals surface area contributed by atoms with E-state index in [1.165, 1.54) is 120 Å². The third-order valence-electron chi connectivity index (χ3n) is 13.0. The number of rotatable bonds is 2. The van der Waals surface area contributed by atoms with Crippen LogP contribution in [0.15, 0.2) is 170 Å². The normalized spacial score (nSPS) is 14.1. The molecule has 2 heterocycles. The first-order valence-corrected chi connectivity index (χ1v) is 19.4. The minimum absolute atomic E-state index is 0.274. The van der Waals surface area contributed by atoms with E-state index in [2.05, 4.69) is 193 Å². The molecule has 0 radical (unpaired) electrons. The van der Waals surface area contributed by atoms with Gasteiger partial charge in [-0.2, -0.15) is 0 Å². The summed E-state index contributed by atoms with van der Waals surface area (Å²) in [6.07, 6.45) is 0. The smallest absolute Gasteiger partial charge is 0.0545 e. The lowest BCUT2D eigenvalue weighted by Crippen LogP contribution is -2.31. The van der Waals surface area contributed by atoms with Gasteiger partial charge in [-0.1, -0.05) is 147 Å². The Morgan fingerprint density at radius 3 is 1.51 bits per heavy atom. The average Bonchev–Trinajstić information content (AvgIpc) is 3.56. The van der Waals surface area contributed by atoms with Gasteiger partial charge in [0.05, 0.1) is 33.8 Å². The van der Waals surface area contributed by atoms with Gasteiger partial charge in [0, 0.05) is 27.0 Å². The van der Waals surface area contributed by atoms with E-state index in [1.54, 1.807) is 0 Å². The largest absolute Gasteiger partial charge is 0.309 e. The molecule has 256 valence electrons. The molecule has 0 saturated carbocycles. The number of aromatic nitrogens is 1. The van der Waals surface area contributed by atoms with E-state index in [1.807, 2.05) is 0 Å². The minimum Gasteiger partial charge on any atom is -0.309 e. The Labute approximate surface area is 317 Å². The molecule has 1 aliphatic heterocycles. The molecule has 13 rings (SSSR count). The van der Waals surface area contributed by atoms with E-state index in [4.69, 9.17) is 0 Å². The lowest BCUT2D eigenvalue weighted by molar-refractivity contribution is 0.638. The summed E-state index contributed by atoms with van der Waals surface area (Å²) >= 11 is 0. The summed E-state index contributed by atoms with van der Waals surface area (Å²) in [5.41, 5.74) is 9.79. The molecule has 1 aromatic heterocycles. The van der Waals surface area contributed by atoms with Crippen molar-refractivity contribution in [2.45, 2.75) is 19.3 Å². The molecular formula is C53H34N2. The standard InChI is InChI=1S/C53H34N2/c1-53(2)40-14-4-6-16-44(40)55(43-28-24-36-20-18-32-10-8-12-34-22-26-39(43)50(36)48(32)34)46-30-29-45-51(52(46)53)37-13-3-5-15-41(37)54(45)42-27-23-35-19-17-31-9-7-11-33-21-25-38(42)49(35)47(31)33/h3-30H,1-2H3. The van der Waals surface area contributed by atoms with E-state index >= 15 is 0 Å². The summed E-state index contributed by atoms with van der Waals surface area (Å²) in [5.74, 6) is 0. The fourth-order valence-corrected chi connectivity index (χ4v) is 10.7. The van der Waals surface area contributed by atoms with Crippen LogP contribution in [0.1, 0.15) is 25.0 Å². The van der Waals surface area contributed by atoms with Gasteiger partial charge < -0.3 is 9.47 Å². The maximum Gasteiger partial charge on any atom is 0.0545 e. The van der Waals surface area contributed by atoms with Gasteiger partial charge in [-0.25, -0.2) is 0 Å². The second kappa shape index (κ2) is 10.2. The highest BCUT2D eigenvalue weighted by Gasteiger charge is 2.40. The van der Waals surface area contributed by atoms with Crippen molar-refractivity contribution in [2.75, 3.05) is 4.90 Å². The third kappa shape index (κ3) is 3.65. The predicted molar refractivity (Wildman–Crippen MR) is 235 cm³/mol. The number of nitrogens with zero attached hydrogens (tertiary/aromatic N) is 2. The van der Waals surface area contributed by atoms with Crippen LogP contribution in [0.3, 0.4) is 0 Å². The Morgan fingerprint density at radius 1 is 0.327 bits per heavy atom. The van der Waals surface area contributed by atoms with Gasteiger partial charge >= 0.3 is 0 Å². The molecule has 0 unspecified atom stereocenters. The Balaban J connectivity index is 1.15. The molecule has 0 spiro atoms. The summed E-state index contributed by atoms with van der Waals surface area (Å²) in [7, 11) is 0. The van der Waals surface area contributed by atoms with Crippen LogP contribution in [0.25, 0.3) is 92.1 Å². The molecule has 2 heteroatoms. The zero-order valence-corrected chi connectivity index (χ0v) is 30.6. The van der Waals surface area contributed by atoms with E-state index in [9.17, 15) is 0 Å². The highest BCUT2D eigenvalue weighted by Crippen LogP contribution is 2.57. The van der Waals surface area contributed by atoms with Crippen molar-refractivity contribution < 1.29 is 0 Å². The van der Waals surface area contributed by atoms with E-state index in [0.717, 1.165) is 0 Å². The average molecular weight is 699 g/mol. The highest BCUT2D eigenvalue weighted by molar-refractivity contribution is 6.27. The van der Waals surface area contributed by atoms with Crippen molar-refractivity contribution in [2.24, 2.45) is 0 Å². The fourth-order valence-electron chi connectivity index (χ4n) is 10.7. The minimum atomic E-state index is -0.274. The van der Waals surface area contributed by atoms with Crippen molar-refractivity contribution in [1.82, 2.24) is 4.57 Å². The fraction of sp³-hybridized carbons (Fsp3) is 0.0566. The summed E-state index contributed by atoms with van der Waals surface area (Å²) in [6.45, 7) is 4.85.